The van der Waals surface area contributed by atoms with E-state index in [1.807, 2.05) is 6.92 Å². The SMILES string of the molecule is CCSCC1O[C@H]2O[C@H]3C(CO)O[C@H](O[C@H]4C(CO)O[C@H](O[C@H]5C(CSC[C@@H](NC)C(=O)NCC(=O)O[C@@]6(CC)C(=O)OCc7c6cc6n(c7=O)Cc7c-6nc6ccc(O)cc6c7CC)O[C@H](O[C@H]6C(CO)O[C@@H](O[C@H]7C(CO)O[C@@H](O[C@H]8C(CO)O[C@@H](O[C@@H]1[C@H](O)C2O)C(O)[C@H]8O)C(O)[C@H]7O)C(O)[C@H]6O)C(O)[C@H]5O)C(O)[C@H]4O)C(O)[C@H]3O. The average molecular weight is 1730 g/mol. The summed E-state index contributed by atoms with van der Waals surface area (Å²) in [5.74, 6) is -3.35. The molecular formula is C72H102N4O40S2. The number of hydrogen-bond donors (Lipinski definition) is 22. The van der Waals surface area contributed by atoms with Crippen molar-refractivity contribution in [3.63, 3.8) is 0 Å². The highest BCUT2D eigenvalue weighted by Gasteiger charge is 2.61. The van der Waals surface area contributed by atoms with E-state index in [1.165, 1.54) is 36.4 Å². The van der Waals surface area contributed by atoms with E-state index in [9.17, 15) is 121 Å². The molecule has 23 aliphatic rings. The van der Waals surface area contributed by atoms with Crippen molar-refractivity contribution in [1.82, 2.24) is 20.2 Å². The number of carbonyl (C=O) groups is 3. The van der Waals surface area contributed by atoms with Crippen molar-refractivity contribution in [3.05, 3.63) is 56.9 Å². The quantitative estimate of drug-likeness (QED) is 0.0388. The number of aromatic hydroxyl groups is 1. The Morgan fingerprint density at radius 2 is 0.890 bits per heavy atom. The number of benzene rings is 1. The number of hydrogen-bond acceptors (Lipinski definition) is 44. The molecule has 21 saturated heterocycles. The number of likely N-dealkylation sites (N-methyl/N-ethyl adjacent to an activating group) is 1. The zero-order valence-corrected chi connectivity index (χ0v) is 65.4. The van der Waals surface area contributed by atoms with E-state index >= 15 is 0 Å². The maximum Gasteiger partial charge on any atom is 0.355 e. The Morgan fingerprint density at radius 3 is 1.25 bits per heavy atom. The lowest BCUT2D eigenvalue weighted by Gasteiger charge is -2.50. The zero-order valence-electron chi connectivity index (χ0n) is 63.8. The van der Waals surface area contributed by atoms with Gasteiger partial charge in [-0.1, -0.05) is 20.8 Å². The minimum absolute atomic E-state index is 0.0161. The third-order valence-corrected chi connectivity index (χ3v) is 25.1. The van der Waals surface area contributed by atoms with Gasteiger partial charge in [0.15, 0.2) is 44.0 Å². The second kappa shape index (κ2) is 38.3. The molecule has 25 heterocycles. The number of aryl methyl sites for hydroxylation is 1. The van der Waals surface area contributed by atoms with E-state index in [0.29, 0.717) is 40.0 Å². The maximum absolute atomic E-state index is 14.4. The number of cyclic esters (lactones) is 1. The van der Waals surface area contributed by atoms with Crippen molar-refractivity contribution in [2.75, 3.05) is 69.6 Å². The summed E-state index contributed by atoms with van der Waals surface area (Å²) in [5.41, 5.74) is 0.176. The predicted octanol–water partition coefficient (Wildman–Crippen LogP) is -11.1. The first kappa shape index (κ1) is 90.8. The third-order valence-electron chi connectivity index (χ3n) is 22.9. The molecule has 14 unspecified atom stereocenters. The van der Waals surface area contributed by atoms with Crippen molar-refractivity contribution in [2.45, 2.75) is 273 Å². The lowest BCUT2D eigenvalue weighted by atomic mass is 9.85. The van der Waals surface area contributed by atoms with Crippen LogP contribution in [-0.2, 0) is 115 Å². The predicted molar refractivity (Wildman–Crippen MR) is 390 cm³/mol. The Labute approximate surface area is 679 Å². The summed E-state index contributed by atoms with van der Waals surface area (Å²) < 4.78 is 96.4. The number of phenolic OH excluding ortho intramolecular Hbond substituents is 1. The van der Waals surface area contributed by atoms with E-state index in [0.717, 1.165) is 17.3 Å². The van der Waals surface area contributed by atoms with E-state index in [-0.39, 0.29) is 41.3 Å². The zero-order chi connectivity index (χ0) is 84.9. The van der Waals surface area contributed by atoms with Gasteiger partial charge in [-0.15, -0.1) is 0 Å². The molecule has 44 nitrogen and oxygen atoms in total. The van der Waals surface area contributed by atoms with Gasteiger partial charge in [-0.05, 0) is 55.5 Å². The van der Waals surface area contributed by atoms with Gasteiger partial charge >= 0.3 is 11.9 Å². The number of pyridine rings is 2. The Hall–Kier alpha value is -4.87. The number of nitrogens with zero attached hydrogens (tertiary/aromatic N) is 2. The van der Waals surface area contributed by atoms with Gasteiger partial charge in [0.05, 0.1) is 80.3 Å². The largest absolute Gasteiger partial charge is 0.508 e. The minimum Gasteiger partial charge on any atom is -0.508 e. The Bertz CT molecular complexity index is 4010. The number of esters is 2. The number of phenols is 1. The molecule has 0 spiro atoms. The number of amides is 1. The Morgan fingerprint density at radius 1 is 0.517 bits per heavy atom. The lowest BCUT2D eigenvalue weighted by Crippen LogP contribution is -2.68. The van der Waals surface area contributed by atoms with Crippen molar-refractivity contribution in [2.24, 2.45) is 0 Å². The number of nitrogens with one attached hydrogen (secondary N) is 2. The molecule has 1 aromatic carbocycles. The van der Waals surface area contributed by atoms with Crippen LogP contribution in [-0.4, -0.2) is 420 Å². The van der Waals surface area contributed by atoms with Gasteiger partial charge in [0.1, 0.15) is 178 Å². The van der Waals surface area contributed by atoms with Crippen LogP contribution in [0.15, 0.2) is 29.1 Å². The fourth-order valence-corrected chi connectivity index (χ4v) is 18.4. The first-order valence-corrected chi connectivity index (χ1v) is 40.9. The van der Waals surface area contributed by atoms with Crippen LogP contribution < -0.4 is 16.2 Å². The van der Waals surface area contributed by atoms with Crippen molar-refractivity contribution >= 4 is 52.3 Å². The summed E-state index contributed by atoms with van der Waals surface area (Å²) in [4.78, 5) is 61.4. The van der Waals surface area contributed by atoms with Gasteiger partial charge in [0, 0.05) is 33.8 Å². The summed E-state index contributed by atoms with van der Waals surface area (Å²) in [7, 11) is 1.37. The van der Waals surface area contributed by atoms with E-state index < -0.39 is 302 Å². The average Bonchev–Trinajstić information content (AvgIpc) is 1.52. The van der Waals surface area contributed by atoms with Crippen LogP contribution in [0.5, 0.6) is 5.75 Å². The number of aromatic nitrogens is 2. The summed E-state index contributed by atoms with van der Waals surface area (Å²) in [5, 5.41) is 235. The molecule has 2 aromatic heterocycles. The van der Waals surface area contributed by atoms with Gasteiger partial charge in [-0.25, -0.2) is 9.78 Å². The Kier molecular flexibility index (Phi) is 29.5. The van der Waals surface area contributed by atoms with Crippen LogP contribution in [0.4, 0.5) is 0 Å². The molecule has 14 bridgehead atoms. The number of ether oxygens (including phenoxy) is 16. The molecule has 0 radical (unpaired) electrons. The highest BCUT2D eigenvalue weighted by Crippen LogP contribution is 2.45. The standard InChI is InChI=1S/C72H102N4O40S2/c1-5-24-25-10-23(82)8-9-29(25)75-40-26(24)13-76-31(40)11-28-27(63(76)99)19-101-71(100)72(28,6-2)116-39(83)12-74-62(98)30(73-4)20-118-22-38-61-47(90)54(97)70(108-38)113-59-36(18-81)104-65(50(93)43(59)86)109-55-32(14-77)102-64(48(91)41(55)84)110-56-33(15-78)105-67(51(94)44(56)87)114-60-37(21-117-7-3)107-69(53(96)46(60)89)112-58-35(17-80)103-66(49(92)42(58)85)111-57-34(16-79)106-68(115-61)52(95)45(57)88/h8-11,30,32-38,41-61,64-70,73,77-82,84-97H,5-7,12-22H2,1-4H3,(H,74,98)/t30-,32?,33?,34?,35?,36?,37?,38?,41-,42-,43-,44-,45-,46-,47-,48?,49?,50?,51?,52?,53?,54?,55+,56+,57+,58+,59+,60+,61+,64+,65+,66-,67+,68-,69+,70-,72-/m1/s1. The Balaban J connectivity index is 0.747. The maximum atomic E-state index is 14.4. The lowest BCUT2D eigenvalue weighted by molar-refractivity contribution is -0.395. The van der Waals surface area contributed by atoms with Gasteiger partial charge in [0.2, 0.25) is 11.5 Å². The second-order valence-corrected chi connectivity index (χ2v) is 32.5. The first-order valence-electron chi connectivity index (χ1n) is 38.6. The second-order valence-electron chi connectivity index (χ2n) is 30.1. The van der Waals surface area contributed by atoms with Crippen molar-refractivity contribution in [3.8, 4) is 17.1 Å². The monoisotopic (exact) mass is 1730 g/mol. The third kappa shape index (κ3) is 17.4. The van der Waals surface area contributed by atoms with E-state index in [2.05, 4.69) is 10.6 Å². The molecule has 0 aliphatic carbocycles. The molecule has 23 aliphatic heterocycles. The normalized spacial score (nSPS) is 42.5. The van der Waals surface area contributed by atoms with Gasteiger partial charge in [-0.2, -0.15) is 23.5 Å². The van der Waals surface area contributed by atoms with Crippen LogP contribution in [0.2, 0.25) is 0 Å². The summed E-state index contributed by atoms with van der Waals surface area (Å²) in [6.45, 7) is -1.43. The molecule has 21 fully saturated rings. The highest BCUT2D eigenvalue weighted by atomic mass is 32.2. The molecule has 662 valence electrons. The molecule has 26 rings (SSSR count). The fraction of sp³-hybridized carbons (Fsp3) is 0.764. The van der Waals surface area contributed by atoms with Crippen LogP contribution >= 0.6 is 23.5 Å². The molecule has 1 amide bonds. The number of aliphatic hydroxyl groups is 19. The molecule has 3 aromatic rings. The van der Waals surface area contributed by atoms with Crippen LogP contribution in [0, 0.1) is 0 Å². The molecule has 118 heavy (non-hydrogen) atoms. The number of thioether (sulfide) groups is 2. The fourth-order valence-electron chi connectivity index (χ4n) is 16.4. The van der Waals surface area contributed by atoms with Crippen molar-refractivity contribution < 1.29 is 192 Å². The van der Waals surface area contributed by atoms with Gasteiger partial charge < -0.3 is 193 Å². The molecule has 22 N–H and O–H groups in total. The number of fused-ring (bicyclic) bond motifs is 5. The molecular weight excluding hydrogens is 1620 g/mol. The summed E-state index contributed by atoms with van der Waals surface area (Å²) >= 11 is 2.07. The van der Waals surface area contributed by atoms with E-state index in [4.69, 9.17) is 80.8 Å². The molecule has 37 atom stereocenters. The summed E-state index contributed by atoms with van der Waals surface area (Å²) in [6, 6.07) is 5.01. The molecule has 0 saturated carbocycles. The van der Waals surface area contributed by atoms with E-state index in [1.54, 1.807) is 25.1 Å². The van der Waals surface area contributed by atoms with Crippen molar-refractivity contribution in [1.29, 1.82) is 0 Å². The van der Waals surface area contributed by atoms with Gasteiger partial charge in [-0.3, -0.25) is 14.4 Å². The van der Waals surface area contributed by atoms with Crippen LogP contribution in [0.25, 0.3) is 22.3 Å². The number of carbonyl (C=O) groups excluding carboxylic acids is 3. The minimum atomic E-state index is -2.32. The number of rotatable bonds is 19. The summed E-state index contributed by atoms with van der Waals surface area (Å²) in [6.07, 6.45) is -70.7. The first-order chi connectivity index (χ1) is 56.4. The number of aliphatic hydroxyl groups excluding tert-OH is 19. The molecule has 46 heteroatoms. The van der Waals surface area contributed by atoms with Crippen LogP contribution in [0.3, 0.4) is 0 Å². The van der Waals surface area contributed by atoms with Gasteiger partial charge in [0.25, 0.3) is 5.56 Å². The smallest absolute Gasteiger partial charge is 0.355 e. The topological polar surface area (TPSA) is 662 Å². The highest BCUT2D eigenvalue weighted by molar-refractivity contribution is 7.99. The van der Waals surface area contributed by atoms with Crippen LogP contribution in [0.1, 0.15) is 49.4 Å².